The molecule has 2 N–H and O–H groups in total. The molecule has 1 heterocycles. The first-order valence-electron chi connectivity index (χ1n) is 12.4. The Morgan fingerprint density at radius 3 is 2.03 bits per heavy atom. The summed E-state index contributed by atoms with van der Waals surface area (Å²) in [6, 6.07) is 24.4. The Labute approximate surface area is 224 Å². The summed E-state index contributed by atoms with van der Waals surface area (Å²) in [6.07, 6.45) is 0. The highest BCUT2D eigenvalue weighted by atomic mass is 19.1. The van der Waals surface area contributed by atoms with E-state index in [1.807, 2.05) is 32.0 Å². The fourth-order valence-electron chi connectivity index (χ4n) is 4.57. The lowest BCUT2D eigenvalue weighted by atomic mass is 9.93. The van der Waals surface area contributed by atoms with Gasteiger partial charge in [0, 0.05) is 23.6 Å². The van der Waals surface area contributed by atoms with Gasteiger partial charge in [0.25, 0.3) is 11.8 Å². The summed E-state index contributed by atoms with van der Waals surface area (Å²) >= 11 is 0. The van der Waals surface area contributed by atoms with Gasteiger partial charge in [0.1, 0.15) is 23.0 Å². The molecule has 0 bridgehead atoms. The molecule has 0 aliphatic heterocycles. The van der Waals surface area contributed by atoms with Gasteiger partial charge in [-0.3, -0.25) is 9.59 Å². The van der Waals surface area contributed by atoms with E-state index in [9.17, 15) is 18.4 Å². The van der Waals surface area contributed by atoms with Crippen LogP contribution in [0.5, 0.6) is 0 Å². The van der Waals surface area contributed by atoms with E-state index in [0.717, 1.165) is 16.7 Å². The van der Waals surface area contributed by atoms with Gasteiger partial charge in [0.05, 0.1) is 11.1 Å². The molecule has 0 aliphatic rings. The summed E-state index contributed by atoms with van der Waals surface area (Å²) in [6.45, 7) is 3.71. The van der Waals surface area contributed by atoms with Crippen LogP contribution in [0.2, 0.25) is 0 Å². The molecule has 0 aliphatic carbocycles. The van der Waals surface area contributed by atoms with E-state index in [0.29, 0.717) is 33.4 Å². The summed E-state index contributed by atoms with van der Waals surface area (Å²) in [5.41, 5.74) is 3.49. The minimum absolute atomic E-state index is 0.278. The number of rotatable bonds is 6. The van der Waals surface area contributed by atoms with E-state index in [1.54, 1.807) is 48.5 Å². The van der Waals surface area contributed by atoms with Crippen molar-refractivity contribution in [3.8, 4) is 22.5 Å². The Bertz CT molecular complexity index is 1690. The van der Waals surface area contributed by atoms with Gasteiger partial charge in [-0.15, -0.1) is 0 Å². The van der Waals surface area contributed by atoms with Crippen LogP contribution in [0.3, 0.4) is 0 Å². The maximum atomic E-state index is 13.5. The van der Waals surface area contributed by atoms with Gasteiger partial charge in [-0.2, -0.15) is 0 Å². The zero-order chi connectivity index (χ0) is 27.7. The standard InChI is InChI=1S/C32H26F2N2O3/c1-32(2,23-10-14-25(34)15-11-23)36-30(37)22-6-4-5-20(17-22)21-9-16-27-26(18-21)28(31(38)35-3)29(39-27)19-7-12-24(33)13-8-19/h4-18H,1-3H3,(H,35,38)(H,36,37). The van der Waals surface area contributed by atoms with Crippen LogP contribution < -0.4 is 10.6 Å². The quantitative estimate of drug-likeness (QED) is 0.250. The predicted octanol–water partition coefficient (Wildman–Crippen LogP) is 7.07. The number of furan rings is 1. The summed E-state index contributed by atoms with van der Waals surface area (Å²) in [5.74, 6) is -0.990. The number of fused-ring (bicyclic) bond motifs is 1. The van der Waals surface area contributed by atoms with E-state index in [1.165, 1.54) is 31.3 Å². The molecule has 39 heavy (non-hydrogen) atoms. The molecule has 0 saturated carbocycles. The van der Waals surface area contributed by atoms with Crippen molar-refractivity contribution in [2.75, 3.05) is 7.05 Å². The SMILES string of the molecule is CNC(=O)c1c(-c2ccc(F)cc2)oc2ccc(-c3cccc(C(=O)NC(C)(C)c4ccc(F)cc4)c3)cc12. The number of amides is 2. The van der Waals surface area contributed by atoms with Crippen LogP contribution in [-0.4, -0.2) is 18.9 Å². The second-order valence-electron chi connectivity index (χ2n) is 9.77. The molecule has 7 heteroatoms. The molecule has 0 unspecified atom stereocenters. The molecule has 0 saturated heterocycles. The number of hydrogen-bond donors (Lipinski definition) is 2. The van der Waals surface area contributed by atoms with Crippen LogP contribution in [-0.2, 0) is 5.54 Å². The highest BCUT2D eigenvalue weighted by Crippen LogP contribution is 2.36. The Morgan fingerprint density at radius 2 is 1.36 bits per heavy atom. The van der Waals surface area contributed by atoms with Gasteiger partial charge in [0.15, 0.2) is 0 Å². The third-order valence-electron chi connectivity index (χ3n) is 6.70. The second-order valence-corrected chi connectivity index (χ2v) is 9.77. The molecule has 0 radical (unpaired) electrons. The third-order valence-corrected chi connectivity index (χ3v) is 6.70. The van der Waals surface area contributed by atoms with Crippen molar-refractivity contribution in [1.82, 2.24) is 10.6 Å². The number of hydrogen-bond acceptors (Lipinski definition) is 3. The van der Waals surface area contributed by atoms with Crippen LogP contribution in [0.25, 0.3) is 33.4 Å². The lowest BCUT2D eigenvalue weighted by Crippen LogP contribution is -2.41. The Morgan fingerprint density at radius 1 is 0.744 bits per heavy atom. The molecule has 5 rings (SSSR count). The van der Waals surface area contributed by atoms with E-state index >= 15 is 0 Å². The molecule has 2 amide bonds. The summed E-state index contributed by atoms with van der Waals surface area (Å²) in [7, 11) is 1.54. The third kappa shape index (κ3) is 5.16. The van der Waals surface area contributed by atoms with Crippen molar-refractivity contribution in [2.24, 2.45) is 0 Å². The van der Waals surface area contributed by atoms with Crippen LogP contribution >= 0.6 is 0 Å². The van der Waals surface area contributed by atoms with Crippen LogP contribution in [0.15, 0.2) is 95.4 Å². The van der Waals surface area contributed by atoms with Crippen molar-refractivity contribution in [3.05, 3.63) is 119 Å². The van der Waals surface area contributed by atoms with Crippen LogP contribution in [0.1, 0.15) is 40.1 Å². The van der Waals surface area contributed by atoms with Gasteiger partial charge in [-0.05, 0) is 91.2 Å². The van der Waals surface area contributed by atoms with E-state index in [4.69, 9.17) is 4.42 Å². The minimum atomic E-state index is -0.727. The van der Waals surface area contributed by atoms with Gasteiger partial charge in [-0.1, -0.05) is 30.3 Å². The second kappa shape index (κ2) is 10.2. The van der Waals surface area contributed by atoms with Crippen molar-refractivity contribution in [3.63, 3.8) is 0 Å². The largest absolute Gasteiger partial charge is 0.455 e. The Hall–Kier alpha value is -4.78. The van der Waals surface area contributed by atoms with E-state index < -0.39 is 5.54 Å². The number of carbonyl (C=O) groups excluding carboxylic acids is 2. The molecule has 1 aromatic heterocycles. The highest BCUT2D eigenvalue weighted by molar-refractivity contribution is 6.11. The molecule has 0 atom stereocenters. The first-order valence-corrected chi connectivity index (χ1v) is 12.4. The number of halogens is 2. The molecule has 5 aromatic rings. The lowest BCUT2D eigenvalue weighted by molar-refractivity contribution is 0.0910. The van der Waals surface area contributed by atoms with Crippen molar-refractivity contribution >= 4 is 22.8 Å². The average Bonchev–Trinajstić information content (AvgIpc) is 3.32. The van der Waals surface area contributed by atoms with Gasteiger partial charge < -0.3 is 15.1 Å². The molecular weight excluding hydrogens is 498 g/mol. The molecule has 0 fully saturated rings. The molecule has 0 spiro atoms. The fraction of sp³-hybridized carbons (Fsp3) is 0.125. The lowest BCUT2D eigenvalue weighted by Gasteiger charge is -2.27. The molecular formula is C32H26F2N2O3. The average molecular weight is 525 g/mol. The Kier molecular flexibility index (Phi) is 6.74. The van der Waals surface area contributed by atoms with E-state index in [-0.39, 0.29) is 23.4 Å². The summed E-state index contributed by atoms with van der Waals surface area (Å²) in [5, 5.41) is 6.27. The van der Waals surface area contributed by atoms with Gasteiger partial charge in [0.2, 0.25) is 0 Å². The molecule has 196 valence electrons. The van der Waals surface area contributed by atoms with Gasteiger partial charge in [-0.25, -0.2) is 8.78 Å². The van der Waals surface area contributed by atoms with Crippen molar-refractivity contribution in [2.45, 2.75) is 19.4 Å². The summed E-state index contributed by atoms with van der Waals surface area (Å²) < 4.78 is 32.9. The molecule has 5 nitrogen and oxygen atoms in total. The first-order chi connectivity index (χ1) is 18.7. The summed E-state index contributed by atoms with van der Waals surface area (Å²) in [4.78, 5) is 26.1. The Balaban J connectivity index is 1.50. The first kappa shape index (κ1) is 25.9. The van der Waals surface area contributed by atoms with Crippen LogP contribution in [0, 0.1) is 11.6 Å². The minimum Gasteiger partial charge on any atom is -0.455 e. The zero-order valence-corrected chi connectivity index (χ0v) is 21.6. The number of nitrogens with one attached hydrogen (secondary N) is 2. The monoisotopic (exact) mass is 524 g/mol. The number of carbonyl (C=O) groups is 2. The smallest absolute Gasteiger partial charge is 0.255 e. The topological polar surface area (TPSA) is 71.3 Å². The van der Waals surface area contributed by atoms with Crippen LogP contribution in [0.4, 0.5) is 8.78 Å². The maximum absolute atomic E-state index is 13.5. The molecule has 4 aromatic carbocycles. The van der Waals surface area contributed by atoms with E-state index in [2.05, 4.69) is 10.6 Å². The fourth-order valence-corrected chi connectivity index (χ4v) is 4.57. The number of benzene rings is 4. The highest BCUT2D eigenvalue weighted by Gasteiger charge is 2.25. The zero-order valence-electron chi connectivity index (χ0n) is 21.6. The normalized spacial score (nSPS) is 11.4. The predicted molar refractivity (Wildman–Crippen MR) is 147 cm³/mol. The van der Waals surface area contributed by atoms with Crippen molar-refractivity contribution in [1.29, 1.82) is 0 Å². The van der Waals surface area contributed by atoms with Crippen molar-refractivity contribution < 1.29 is 22.8 Å². The maximum Gasteiger partial charge on any atom is 0.255 e. The van der Waals surface area contributed by atoms with Gasteiger partial charge >= 0.3 is 0 Å².